The van der Waals surface area contributed by atoms with Crippen LogP contribution < -0.4 is 14.8 Å². The summed E-state index contributed by atoms with van der Waals surface area (Å²) in [7, 11) is 1.64. The molecule has 0 bridgehead atoms. The first-order valence-corrected chi connectivity index (χ1v) is 8.89. The molecule has 0 spiro atoms. The number of hydrogen-bond acceptors (Lipinski definition) is 6. The predicted molar refractivity (Wildman–Crippen MR) is 98.3 cm³/mol. The van der Waals surface area contributed by atoms with Gasteiger partial charge in [0.05, 0.1) is 18.4 Å². The monoisotopic (exact) mass is 358 g/mol. The summed E-state index contributed by atoms with van der Waals surface area (Å²) >= 11 is 0. The van der Waals surface area contributed by atoms with Gasteiger partial charge in [-0.2, -0.15) is 0 Å². The molecule has 0 atom stereocenters. The number of benzene rings is 1. The number of aromatic nitrogens is 1. The fraction of sp³-hybridized carbons (Fsp3) is 0.450. The largest absolute Gasteiger partial charge is 0.497 e. The third-order valence-electron chi connectivity index (χ3n) is 4.56. The molecule has 1 aliphatic rings. The van der Waals surface area contributed by atoms with E-state index in [2.05, 4.69) is 10.3 Å². The number of ether oxygens (including phenoxy) is 3. The first-order valence-electron chi connectivity index (χ1n) is 8.89. The molecule has 2 heterocycles. The van der Waals surface area contributed by atoms with Crippen molar-refractivity contribution in [2.45, 2.75) is 31.6 Å². The Labute approximate surface area is 154 Å². The van der Waals surface area contributed by atoms with Gasteiger partial charge in [0.15, 0.2) is 0 Å². The van der Waals surface area contributed by atoms with Crippen molar-refractivity contribution >= 4 is 0 Å². The second-order valence-corrected chi connectivity index (χ2v) is 6.52. The molecule has 1 saturated heterocycles. The van der Waals surface area contributed by atoms with Crippen LogP contribution in [0.3, 0.4) is 0 Å². The number of hydrogen-bond donors (Lipinski definition) is 2. The van der Waals surface area contributed by atoms with Crippen molar-refractivity contribution in [1.29, 1.82) is 0 Å². The maximum absolute atomic E-state index is 10.6. The summed E-state index contributed by atoms with van der Waals surface area (Å²) in [6, 6.07) is 11.5. The van der Waals surface area contributed by atoms with Crippen molar-refractivity contribution in [2.75, 3.05) is 26.9 Å². The van der Waals surface area contributed by atoms with Gasteiger partial charge in [-0.1, -0.05) is 6.07 Å². The van der Waals surface area contributed by atoms with Crippen LogP contribution in [0.2, 0.25) is 0 Å². The maximum atomic E-state index is 10.6. The second-order valence-electron chi connectivity index (χ2n) is 6.52. The lowest BCUT2D eigenvalue weighted by molar-refractivity contribution is -0.0617. The van der Waals surface area contributed by atoms with E-state index in [-0.39, 0.29) is 0 Å². The minimum absolute atomic E-state index is 0.404. The Kier molecular flexibility index (Phi) is 6.44. The lowest BCUT2D eigenvalue weighted by atomic mass is 9.94. The van der Waals surface area contributed by atoms with Crippen LogP contribution in [0.1, 0.15) is 24.1 Å². The third kappa shape index (κ3) is 5.17. The zero-order chi connectivity index (χ0) is 18.2. The van der Waals surface area contributed by atoms with Crippen LogP contribution in [0.4, 0.5) is 0 Å². The van der Waals surface area contributed by atoms with Crippen LogP contribution in [0.25, 0.3) is 0 Å². The molecule has 1 fully saturated rings. The molecule has 0 amide bonds. The highest BCUT2D eigenvalue weighted by Gasteiger charge is 2.29. The van der Waals surface area contributed by atoms with Gasteiger partial charge in [-0.05, 0) is 30.3 Å². The summed E-state index contributed by atoms with van der Waals surface area (Å²) in [5.74, 6) is 1.56. The fourth-order valence-corrected chi connectivity index (χ4v) is 2.95. The van der Waals surface area contributed by atoms with Crippen molar-refractivity contribution in [3.63, 3.8) is 0 Å². The molecule has 26 heavy (non-hydrogen) atoms. The van der Waals surface area contributed by atoms with Crippen LogP contribution in [0.5, 0.6) is 11.5 Å². The van der Waals surface area contributed by atoms with E-state index in [0.29, 0.717) is 45.8 Å². The molecule has 1 aliphatic heterocycles. The van der Waals surface area contributed by atoms with Crippen LogP contribution in [-0.4, -0.2) is 42.6 Å². The van der Waals surface area contributed by atoms with Crippen LogP contribution in [-0.2, 0) is 17.9 Å². The summed E-state index contributed by atoms with van der Waals surface area (Å²) in [5, 5.41) is 13.9. The third-order valence-corrected chi connectivity index (χ3v) is 4.56. The summed E-state index contributed by atoms with van der Waals surface area (Å²) < 4.78 is 16.6. The molecule has 0 saturated carbocycles. The van der Waals surface area contributed by atoms with Crippen molar-refractivity contribution in [1.82, 2.24) is 10.3 Å². The molecule has 0 radical (unpaired) electrons. The Balaban J connectivity index is 1.62. The second kappa shape index (κ2) is 8.98. The normalized spacial score (nSPS) is 16.2. The summed E-state index contributed by atoms with van der Waals surface area (Å²) in [4.78, 5) is 4.28. The van der Waals surface area contributed by atoms with Gasteiger partial charge < -0.3 is 24.6 Å². The topological polar surface area (TPSA) is 72.8 Å². The summed E-state index contributed by atoms with van der Waals surface area (Å²) in [6.45, 7) is 2.72. The average Bonchev–Trinajstić information content (AvgIpc) is 2.68. The van der Waals surface area contributed by atoms with E-state index in [0.717, 1.165) is 22.8 Å². The molecule has 140 valence electrons. The van der Waals surface area contributed by atoms with E-state index in [9.17, 15) is 5.11 Å². The lowest BCUT2D eigenvalue weighted by Gasteiger charge is -2.32. The molecule has 2 aromatic rings. The smallest absolute Gasteiger partial charge is 0.130 e. The first-order chi connectivity index (χ1) is 12.7. The van der Waals surface area contributed by atoms with E-state index >= 15 is 0 Å². The zero-order valence-corrected chi connectivity index (χ0v) is 15.1. The average molecular weight is 358 g/mol. The number of rotatable bonds is 8. The highest BCUT2D eigenvalue weighted by molar-refractivity contribution is 5.40. The van der Waals surface area contributed by atoms with Gasteiger partial charge in [-0.3, -0.25) is 4.98 Å². The van der Waals surface area contributed by atoms with Gasteiger partial charge in [0.2, 0.25) is 0 Å². The van der Waals surface area contributed by atoms with Gasteiger partial charge in [0.1, 0.15) is 18.1 Å². The Bertz CT molecular complexity index is 687. The van der Waals surface area contributed by atoms with E-state index < -0.39 is 5.60 Å². The molecule has 6 heteroatoms. The Morgan fingerprint density at radius 2 is 2.08 bits per heavy atom. The number of pyridine rings is 1. The van der Waals surface area contributed by atoms with E-state index in [1.807, 2.05) is 36.4 Å². The highest BCUT2D eigenvalue weighted by atomic mass is 16.5. The standard InChI is InChI=1S/C20H26N2O4/c1-24-18-5-6-19(26-14-17-4-2-3-9-22-17)16(12-18)13-21-15-20(23)7-10-25-11-8-20/h2-6,9,12,21,23H,7-8,10-11,13-15H2,1H3. The fourth-order valence-electron chi connectivity index (χ4n) is 2.95. The maximum Gasteiger partial charge on any atom is 0.130 e. The summed E-state index contributed by atoms with van der Waals surface area (Å²) in [6.07, 6.45) is 3.06. The van der Waals surface area contributed by atoms with Crippen LogP contribution in [0.15, 0.2) is 42.6 Å². The van der Waals surface area contributed by atoms with Crippen molar-refractivity contribution < 1.29 is 19.3 Å². The minimum Gasteiger partial charge on any atom is -0.497 e. The van der Waals surface area contributed by atoms with Gasteiger partial charge >= 0.3 is 0 Å². The minimum atomic E-state index is -0.702. The summed E-state index contributed by atoms with van der Waals surface area (Å²) in [5.41, 5.74) is 1.15. The van der Waals surface area contributed by atoms with Crippen molar-refractivity contribution in [3.05, 3.63) is 53.9 Å². The molecule has 1 aromatic carbocycles. The molecule has 3 rings (SSSR count). The molecular weight excluding hydrogens is 332 g/mol. The molecule has 6 nitrogen and oxygen atoms in total. The van der Waals surface area contributed by atoms with Crippen molar-refractivity contribution in [3.8, 4) is 11.5 Å². The first kappa shape index (κ1) is 18.6. The van der Waals surface area contributed by atoms with E-state index in [4.69, 9.17) is 14.2 Å². The van der Waals surface area contributed by atoms with Gasteiger partial charge in [-0.15, -0.1) is 0 Å². The molecule has 0 unspecified atom stereocenters. The molecule has 1 aromatic heterocycles. The number of nitrogens with zero attached hydrogens (tertiary/aromatic N) is 1. The molecular formula is C20H26N2O4. The Hall–Kier alpha value is -2.15. The molecule has 2 N–H and O–H groups in total. The van der Waals surface area contributed by atoms with Crippen molar-refractivity contribution in [2.24, 2.45) is 0 Å². The number of nitrogens with one attached hydrogen (secondary N) is 1. The van der Waals surface area contributed by atoms with Gasteiger partial charge in [0, 0.05) is 50.9 Å². The highest BCUT2D eigenvalue weighted by Crippen LogP contribution is 2.25. The van der Waals surface area contributed by atoms with E-state index in [1.54, 1.807) is 13.3 Å². The quantitative estimate of drug-likeness (QED) is 0.754. The Morgan fingerprint density at radius 3 is 2.81 bits per heavy atom. The van der Waals surface area contributed by atoms with Crippen LogP contribution >= 0.6 is 0 Å². The van der Waals surface area contributed by atoms with E-state index in [1.165, 1.54) is 0 Å². The van der Waals surface area contributed by atoms with Gasteiger partial charge in [-0.25, -0.2) is 0 Å². The number of aliphatic hydroxyl groups is 1. The number of methoxy groups -OCH3 is 1. The molecule has 0 aliphatic carbocycles. The lowest BCUT2D eigenvalue weighted by Crippen LogP contribution is -2.44. The Morgan fingerprint density at radius 1 is 1.23 bits per heavy atom. The SMILES string of the molecule is COc1ccc(OCc2ccccn2)c(CNCC2(O)CCOCC2)c1. The predicted octanol–water partition coefficient (Wildman–Crippen LogP) is 2.30. The van der Waals surface area contributed by atoms with Crippen LogP contribution in [0, 0.1) is 0 Å². The van der Waals surface area contributed by atoms with Gasteiger partial charge in [0.25, 0.3) is 0 Å². The zero-order valence-electron chi connectivity index (χ0n) is 15.1.